The normalized spacial score (nSPS) is 10.9. The van der Waals surface area contributed by atoms with Crippen molar-refractivity contribution in [3.05, 3.63) is 33.7 Å². The van der Waals surface area contributed by atoms with Crippen molar-refractivity contribution in [1.29, 1.82) is 0 Å². The predicted molar refractivity (Wildman–Crippen MR) is 86.3 cm³/mol. The van der Waals surface area contributed by atoms with Crippen LogP contribution in [0.3, 0.4) is 0 Å². The first-order valence-corrected chi connectivity index (χ1v) is 9.10. The maximum Gasteiger partial charge on any atom is 0.363 e. The maximum atomic E-state index is 12.0. The van der Waals surface area contributed by atoms with Crippen molar-refractivity contribution in [3.8, 4) is 10.6 Å². The van der Waals surface area contributed by atoms with Gasteiger partial charge in [0.2, 0.25) is 4.74 Å². The highest BCUT2D eigenvalue weighted by molar-refractivity contribution is 7.69. The van der Waals surface area contributed by atoms with Gasteiger partial charge in [0.15, 0.2) is 0 Å². The average molecular weight is 356 g/mol. The van der Waals surface area contributed by atoms with Gasteiger partial charge in [0.25, 0.3) is 6.29 Å². The lowest BCUT2D eigenvalue weighted by molar-refractivity contribution is -0.194. The maximum absolute atomic E-state index is 12.0. The van der Waals surface area contributed by atoms with E-state index in [1.54, 1.807) is 32.4 Å². The van der Waals surface area contributed by atoms with Crippen LogP contribution in [0.25, 0.3) is 10.6 Å². The van der Waals surface area contributed by atoms with Gasteiger partial charge in [0, 0.05) is 25.6 Å². The standard InChI is InChI=1S/C14H16N2O5S2/c1-3-19-14(20-4-2)12(17)21-8-9-11(22-23-13(9)18)10-7-15-5-6-16-10/h5-7,14H,3-4,8H2,1-2H3. The van der Waals surface area contributed by atoms with E-state index in [1.165, 1.54) is 10.3 Å². The van der Waals surface area contributed by atoms with E-state index in [4.69, 9.17) is 14.2 Å². The lowest BCUT2D eigenvalue weighted by atomic mass is 10.2. The number of carbonyl (C=O) groups is 1. The molecule has 23 heavy (non-hydrogen) atoms. The molecule has 0 aliphatic heterocycles. The molecule has 0 spiro atoms. The van der Waals surface area contributed by atoms with Crippen LogP contribution < -0.4 is 4.74 Å². The minimum absolute atomic E-state index is 0.153. The minimum Gasteiger partial charge on any atom is -0.457 e. The lowest BCUT2D eigenvalue weighted by Crippen LogP contribution is -2.29. The Labute approximate surface area is 140 Å². The molecule has 0 aromatic carbocycles. The second kappa shape index (κ2) is 8.82. The fraction of sp³-hybridized carbons (Fsp3) is 0.429. The Morgan fingerprint density at radius 3 is 2.57 bits per heavy atom. The molecule has 0 saturated heterocycles. The van der Waals surface area contributed by atoms with Crippen molar-refractivity contribution in [2.45, 2.75) is 26.7 Å². The third kappa shape index (κ3) is 4.64. The number of carbonyl (C=O) groups excluding carboxylic acids is 1. The molecule has 0 fully saturated rings. The van der Waals surface area contributed by atoms with E-state index in [1.807, 2.05) is 0 Å². The summed E-state index contributed by atoms with van der Waals surface area (Å²) in [6.45, 7) is 3.99. The molecule has 2 aromatic heterocycles. The van der Waals surface area contributed by atoms with Gasteiger partial charge < -0.3 is 14.2 Å². The summed E-state index contributed by atoms with van der Waals surface area (Å²) in [5.74, 6) is -0.658. The molecule has 2 heterocycles. The van der Waals surface area contributed by atoms with Gasteiger partial charge in [-0.1, -0.05) is 10.3 Å². The van der Waals surface area contributed by atoms with Crippen LogP contribution in [0.1, 0.15) is 19.4 Å². The number of hydrogen-bond donors (Lipinski definition) is 0. The molecule has 0 saturated carbocycles. The first-order valence-electron chi connectivity index (χ1n) is 6.95. The highest BCUT2D eigenvalue weighted by atomic mass is 32.9. The minimum atomic E-state index is -1.08. The molecular weight excluding hydrogens is 340 g/mol. The van der Waals surface area contributed by atoms with E-state index >= 15 is 0 Å². The van der Waals surface area contributed by atoms with Gasteiger partial charge in [-0.2, -0.15) is 0 Å². The number of ether oxygens (including phenoxy) is 3. The van der Waals surface area contributed by atoms with Crippen LogP contribution in [0.5, 0.6) is 0 Å². The Morgan fingerprint density at radius 1 is 1.22 bits per heavy atom. The molecule has 7 nitrogen and oxygen atoms in total. The molecule has 0 bridgehead atoms. The SMILES string of the molecule is CCOC(OCC)C(=O)OCc1c(-c2cnccn2)ssc1=O. The summed E-state index contributed by atoms with van der Waals surface area (Å²) in [6, 6.07) is 0. The van der Waals surface area contributed by atoms with Crippen LogP contribution >= 0.6 is 20.7 Å². The molecule has 0 unspecified atom stereocenters. The number of esters is 1. The Balaban J connectivity index is 2.10. The largest absolute Gasteiger partial charge is 0.457 e. The Morgan fingerprint density at radius 2 is 1.96 bits per heavy atom. The van der Waals surface area contributed by atoms with Crippen molar-refractivity contribution in [1.82, 2.24) is 9.97 Å². The fourth-order valence-electron chi connectivity index (χ4n) is 1.71. The van der Waals surface area contributed by atoms with Crippen molar-refractivity contribution < 1.29 is 19.0 Å². The van der Waals surface area contributed by atoms with E-state index in [0.29, 0.717) is 29.3 Å². The summed E-state index contributed by atoms with van der Waals surface area (Å²) in [6.07, 6.45) is 3.57. The molecule has 0 aliphatic rings. The van der Waals surface area contributed by atoms with Gasteiger partial charge in [-0.25, -0.2) is 4.79 Å². The van der Waals surface area contributed by atoms with Crippen molar-refractivity contribution >= 4 is 26.7 Å². The first kappa shape index (κ1) is 17.7. The van der Waals surface area contributed by atoms with Crippen molar-refractivity contribution in [3.63, 3.8) is 0 Å². The monoisotopic (exact) mass is 356 g/mol. The molecule has 124 valence electrons. The molecule has 0 radical (unpaired) electrons. The lowest BCUT2D eigenvalue weighted by Gasteiger charge is -2.15. The summed E-state index contributed by atoms with van der Waals surface area (Å²) < 4.78 is 15.3. The third-order valence-corrected chi connectivity index (χ3v) is 5.01. The van der Waals surface area contributed by atoms with Crippen LogP contribution in [0.2, 0.25) is 0 Å². The van der Waals surface area contributed by atoms with Gasteiger partial charge in [0.1, 0.15) is 6.61 Å². The zero-order valence-electron chi connectivity index (χ0n) is 12.7. The smallest absolute Gasteiger partial charge is 0.363 e. The Bertz CT molecular complexity index is 680. The van der Waals surface area contributed by atoms with Crippen LogP contribution in [-0.2, 0) is 25.6 Å². The van der Waals surface area contributed by atoms with Gasteiger partial charge in [-0.3, -0.25) is 14.8 Å². The second-order valence-electron chi connectivity index (χ2n) is 4.20. The van der Waals surface area contributed by atoms with E-state index < -0.39 is 12.3 Å². The van der Waals surface area contributed by atoms with Gasteiger partial charge in [0.05, 0.1) is 22.3 Å². The summed E-state index contributed by atoms with van der Waals surface area (Å²) >= 11 is 0. The average Bonchev–Trinajstić information content (AvgIpc) is 2.94. The third-order valence-electron chi connectivity index (χ3n) is 2.70. The first-order chi connectivity index (χ1) is 11.2. The van der Waals surface area contributed by atoms with E-state index in [0.717, 1.165) is 10.3 Å². The number of nitrogens with zero attached hydrogens (tertiary/aromatic N) is 2. The van der Waals surface area contributed by atoms with E-state index in [-0.39, 0.29) is 11.3 Å². The van der Waals surface area contributed by atoms with Crippen LogP contribution in [0.15, 0.2) is 23.4 Å². The summed E-state index contributed by atoms with van der Waals surface area (Å²) in [5.41, 5.74) is 0.966. The molecule has 2 aromatic rings. The van der Waals surface area contributed by atoms with Crippen LogP contribution in [0.4, 0.5) is 0 Å². The number of rotatable bonds is 8. The van der Waals surface area contributed by atoms with Gasteiger partial charge in [-0.15, -0.1) is 0 Å². The molecule has 2 rings (SSSR count). The Hall–Kier alpha value is -1.68. The highest BCUT2D eigenvalue weighted by Crippen LogP contribution is 2.27. The highest BCUT2D eigenvalue weighted by Gasteiger charge is 2.22. The Kier molecular flexibility index (Phi) is 6.78. The summed E-state index contributed by atoms with van der Waals surface area (Å²) in [5, 5.41) is 0. The van der Waals surface area contributed by atoms with Crippen molar-refractivity contribution in [2.24, 2.45) is 0 Å². The van der Waals surface area contributed by atoms with Crippen LogP contribution in [0, 0.1) is 0 Å². The second-order valence-corrected chi connectivity index (χ2v) is 6.32. The van der Waals surface area contributed by atoms with E-state index in [9.17, 15) is 9.59 Å². The molecule has 0 atom stereocenters. The number of aromatic nitrogens is 2. The fourth-order valence-corrected chi connectivity index (χ4v) is 3.97. The summed E-state index contributed by atoms with van der Waals surface area (Å²) in [4.78, 5) is 32.8. The zero-order valence-corrected chi connectivity index (χ0v) is 14.3. The topological polar surface area (TPSA) is 87.6 Å². The molecule has 9 heteroatoms. The van der Waals surface area contributed by atoms with Crippen molar-refractivity contribution in [2.75, 3.05) is 13.2 Å². The molecule has 0 aliphatic carbocycles. The summed E-state index contributed by atoms with van der Waals surface area (Å²) in [7, 11) is 2.35. The zero-order chi connectivity index (χ0) is 16.7. The number of hydrogen-bond acceptors (Lipinski definition) is 9. The van der Waals surface area contributed by atoms with E-state index in [2.05, 4.69) is 9.97 Å². The predicted octanol–water partition coefficient (Wildman–Crippen LogP) is 2.07. The molecular formula is C14H16N2O5S2. The van der Waals surface area contributed by atoms with Gasteiger partial charge >= 0.3 is 5.97 Å². The van der Waals surface area contributed by atoms with Crippen LogP contribution in [-0.4, -0.2) is 35.4 Å². The van der Waals surface area contributed by atoms with Gasteiger partial charge in [-0.05, 0) is 24.2 Å². The molecule has 0 amide bonds. The molecule has 0 N–H and O–H groups in total. The quantitative estimate of drug-likeness (QED) is 0.406.